The molecule has 2 atom stereocenters. The highest BCUT2D eigenvalue weighted by atomic mass is 16.6. The van der Waals surface area contributed by atoms with Crippen LogP contribution in [0.25, 0.3) is 5.82 Å². The van der Waals surface area contributed by atoms with Crippen molar-refractivity contribution in [1.82, 2.24) is 25.6 Å². The third kappa shape index (κ3) is 5.01. The molecule has 2 aromatic heterocycles. The van der Waals surface area contributed by atoms with Crippen LogP contribution in [-0.2, 0) is 16.1 Å². The van der Waals surface area contributed by atoms with Crippen molar-refractivity contribution in [3.63, 3.8) is 0 Å². The lowest BCUT2D eigenvalue weighted by molar-refractivity contribution is -0.141. The molecule has 3 N–H and O–H groups in total. The predicted octanol–water partition coefficient (Wildman–Crippen LogP) is 1.52. The normalized spacial score (nSPS) is 15.1. The molecule has 0 radical (unpaired) electrons. The van der Waals surface area contributed by atoms with Crippen LogP contribution in [0.1, 0.15) is 40.4 Å². The number of rotatable bonds is 9. The summed E-state index contributed by atoms with van der Waals surface area (Å²) >= 11 is 0. The van der Waals surface area contributed by atoms with E-state index in [0.29, 0.717) is 11.7 Å². The molecule has 3 aromatic rings. The minimum absolute atomic E-state index is 0.244. The van der Waals surface area contributed by atoms with Gasteiger partial charge >= 0.3 is 0 Å². The summed E-state index contributed by atoms with van der Waals surface area (Å²) in [5.74, 6) is -0.365. The van der Waals surface area contributed by atoms with Crippen molar-refractivity contribution >= 4 is 11.8 Å². The fourth-order valence-corrected chi connectivity index (χ4v) is 3.51. The predicted molar refractivity (Wildman–Crippen MR) is 116 cm³/mol. The SMILES string of the molecule is CONC(=O)C(O)C(Cc1ccccc1)NC(=O)c1cccnc1-n1ccc(C2CC2)n1. The van der Waals surface area contributed by atoms with Crippen LogP contribution >= 0.6 is 0 Å². The van der Waals surface area contributed by atoms with E-state index in [-0.39, 0.29) is 12.0 Å². The van der Waals surface area contributed by atoms with Crippen molar-refractivity contribution in [2.45, 2.75) is 37.3 Å². The Labute approximate surface area is 185 Å². The number of hydrogen-bond donors (Lipinski definition) is 3. The molecule has 2 heterocycles. The van der Waals surface area contributed by atoms with E-state index in [1.54, 1.807) is 29.2 Å². The van der Waals surface area contributed by atoms with E-state index in [1.165, 1.54) is 7.11 Å². The van der Waals surface area contributed by atoms with E-state index in [2.05, 4.69) is 25.7 Å². The summed E-state index contributed by atoms with van der Waals surface area (Å²) in [5, 5.41) is 17.9. The number of pyridine rings is 1. The maximum atomic E-state index is 13.2. The Morgan fingerprint density at radius 3 is 2.69 bits per heavy atom. The van der Waals surface area contributed by atoms with Crippen molar-refractivity contribution in [2.24, 2.45) is 0 Å². The highest BCUT2D eigenvalue weighted by molar-refractivity contribution is 5.97. The van der Waals surface area contributed by atoms with Crippen LogP contribution in [0.4, 0.5) is 0 Å². The van der Waals surface area contributed by atoms with Gasteiger partial charge in [0.2, 0.25) is 0 Å². The van der Waals surface area contributed by atoms with Crippen LogP contribution in [0.5, 0.6) is 0 Å². The first kappa shape index (κ1) is 21.7. The molecule has 1 aromatic carbocycles. The number of hydrogen-bond acceptors (Lipinski definition) is 6. The molecule has 9 nitrogen and oxygen atoms in total. The quantitative estimate of drug-likeness (QED) is 0.439. The summed E-state index contributed by atoms with van der Waals surface area (Å²) < 4.78 is 1.59. The van der Waals surface area contributed by atoms with Gasteiger partial charge < -0.3 is 10.4 Å². The molecule has 0 spiro atoms. The molecule has 1 fully saturated rings. The van der Waals surface area contributed by atoms with E-state index in [0.717, 1.165) is 24.1 Å². The number of aromatic nitrogens is 3. The number of carbonyl (C=O) groups excluding carboxylic acids is 2. The molecular weight excluding hydrogens is 410 g/mol. The summed E-state index contributed by atoms with van der Waals surface area (Å²) in [6.07, 6.45) is 4.34. The van der Waals surface area contributed by atoms with E-state index < -0.39 is 24.0 Å². The zero-order chi connectivity index (χ0) is 22.5. The maximum absolute atomic E-state index is 13.2. The van der Waals surface area contributed by atoms with Crippen LogP contribution in [-0.4, -0.2) is 50.9 Å². The maximum Gasteiger partial charge on any atom is 0.274 e. The fraction of sp³-hybridized carbons (Fsp3) is 0.304. The molecule has 0 aliphatic heterocycles. The first-order chi connectivity index (χ1) is 15.6. The Kier molecular flexibility index (Phi) is 6.58. The van der Waals surface area contributed by atoms with Gasteiger partial charge in [-0.25, -0.2) is 15.1 Å². The third-order valence-electron chi connectivity index (χ3n) is 5.32. The van der Waals surface area contributed by atoms with Crippen LogP contribution < -0.4 is 10.8 Å². The van der Waals surface area contributed by atoms with Gasteiger partial charge in [-0.05, 0) is 43.0 Å². The molecule has 1 saturated carbocycles. The first-order valence-corrected chi connectivity index (χ1v) is 10.4. The van der Waals surface area contributed by atoms with E-state index in [4.69, 9.17) is 0 Å². The molecule has 4 rings (SSSR count). The Hall–Kier alpha value is -3.56. The van der Waals surface area contributed by atoms with Crippen LogP contribution in [0.15, 0.2) is 60.9 Å². The average molecular weight is 435 g/mol. The number of aliphatic hydroxyl groups is 1. The van der Waals surface area contributed by atoms with Gasteiger partial charge in [0, 0.05) is 18.3 Å². The average Bonchev–Trinajstić information content (AvgIpc) is 3.55. The number of carbonyl (C=O) groups is 2. The topological polar surface area (TPSA) is 118 Å². The Balaban J connectivity index is 1.58. The van der Waals surface area contributed by atoms with E-state index >= 15 is 0 Å². The smallest absolute Gasteiger partial charge is 0.274 e. The van der Waals surface area contributed by atoms with Crippen LogP contribution in [0, 0.1) is 0 Å². The second kappa shape index (κ2) is 9.71. The lowest BCUT2D eigenvalue weighted by Crippen LogP contribution is -2.51. The van der Waals surface area contributed by atoms with Crippen molar-refractivity contribution < 1.29 is 19.5 Å². The molecule has 1 aliphatic rings. The highest BCUT2D eigenvalue weighted by Crippen LogP contribution is 2.39. The minimum atomic E-state index is -1.52. The van der Waals surface area contributed by atoms with Gasteiger partial charge in [0.1, 0.15) is 0 Å². The van der Waals surface area contributed by atoms with Gasteiger partial charge in [-0.2, -0.15) is 5.10 Å². The second-order valence-corrected chi connectivity index (χ2v) is 7.72. The molecule has 32 heavy (non-hydrogen) atoms. The van der Waals surface area contributed by atoms with Crippen LogP contribution in [0.3, 0.4) is 0 Å². The fourth-order valence-electron chi connectivity index (χ4n) is 3.51. The number of nitrogens with one attached hydrogen (secondary N) is 2. The molecule has 9 heteroatoms. The largest absolute Gasteiger partial charge is 0.381 e. The zero-order valence-electron chi connectivity index (χ0n) is 17.6. The summed E-state index contributed by atoms with van der Waals surface area (Å²) in [7, 11) is 1.28. The Bertz CT molecular complexity index is 1080. The van der Waals surface area contributed by atoms with Gasteiger partial charge in [-0.3, -0.25) is 14.4 Å². The van der Waals surface area contributed by atoms with Gasteiger partial charge in [-0.1, -0.05) is 30.3 Å². The summed E-state index contributed by atoms with van der Waals surface area (Å²) in [6, 6.07) is 13.6. The monoisotopic (exact) mass is 435 g/mol. The number of aliphatic hydroxyl groups excluding tert-OH is 1. The standard InChI is InChI=1S/C23H25N5O4/c1-32-27-23(31)20(29)19(14-15-6-3-2-4-7-15)25-22(30)17-8-5-12-24-21(17)28-13-11-18(26-28)16-9-10-16/h2-8,11-13,16,19-20,29H,9-10,14H2,1H3,(H,25,30)(H,27,31). The van der Waals surface area contributed by atoms with Gasteiger partial charge in [0.05, 0.1) is 24.4 Å². The van der Waals surface area contributed by atoms with Gasteiger partial charge in [0.15, 0.2) is 11.9 Å². The summed E-state index contributed by atoms with van der Waals surface area (Å²) in [4.78, 5) is 34.4. The minimum Gasteiger partial charge on any atom is -0.381 e. The van der Waals surface area contributed by atoms with Gasteiger partial charge in [-0.15, -0.1) is 0 Å². The summed E-state index contributed by atoms with van der Waals surface area (Å²) in [6.45, 7) is 0. The van der Waals surface area contributed by atoms with Crippen molar-refractivity contribution in [2.75, 3.05) is 7.11 Å². The number of benzene rings is 1. The second-order valence-electron chi connectivity index (χ2n) is 7.72. The third-order valence-corrected chi connectivity index (χ3v) is 5.32. The lowest BCUT2D eigenvalue weighted by atomic mass is 10.00. The molecule has 2 unspecified atom stereocenters. The van der Waals surface area contributed by atoms with E-state index in [9.17, 15) is 14.7 Å². The first-order valence-electron chi connectivity index (χ1n) is 10.4. The number of amides is 2. The number of nitrogens with zero attached hydrogens (tertiary/aromatic N) is 3. The zero-order valence-corrected chi connectivity index (χ0v) is 17.6. The molecule has 0 bridgehead atoms. The van der Waals surface area contributed by atoms with E-state index in [1.807, 2.05) is 36.4 Å². The molecule has 166 valence electrons. The van der Waals surface area contributed by atoms with Crippen LogP contribution in [0.2, 0.25) is 0 Å². The molecule has 0 saturated heterocycles. The van der Waals surface area contributed by atoms with Crippen molar-refractivity contribution in [3.8, 4) is 5.82 Å². The molecule has 1 aliphatic carbocycles. The lowest BCUT2D eigenvalue weighted by Gasteiger charge is -2.24. The Morgan fingerprint density at radius 1 is 1.19 bits per heavy atom. The highest BCUT2D eigenvalue weighted by Gasteiger charge is 2.30. The van der Waals surface area contributed by atoms with Crippen molar-refractivity contribution in [1.29, 1.82) is 0 Å². The Morgan fingerprint density at radius 2 is 1.97 bits per heavy atom. The summed E-state index contributed by atoms with van der Waals surface area (Å²) in [5.41, 5.74) is 4.24. The van der Waals surface area contributed by atoms with Gasteiger partial charge in [0.25, 0.3) is 11.8 Å². The number of hydroxylamine groups is 1. The molecular formula is C23H25N5O4. The molecule has 2 amide bonds. The van der Waals surface area contributed by atoms with Crippen molar-refractivity contribution in [3.05, 3.63) is 77.7 Å².